The molecule has 1 aliphatic heterocycles. The zero-order valence-corrected chi connectivity index (χ0v) is 11.8. The Bertz CT molecular complexity index is 436. The summed E-state index contributed by atoms with van der Waals surface area (Å²) in [5.74, 6) is 0.146. The molecule has 3 nitrogen and oxygen atoms in total. The van der Waals surface area contributed by atoms with Gasteiger partial charge in [-0.3, -0.25) is 9.59 Å². The summed E-state index contributed by atoms with van der Waals surface area (Å²) in [5.41, 5.74) is 0.674. The molecule has 0 unspecified atom stereocenters. The SMILES string of the molecule is O=C(CCC(=O)N1CCCC1)c1ccc(Br)cc1. The topological polar surface area (TPSA) is 37.4 Å². The number of carbonyl (C=O) groups excluding carboxylic acids is 2. The Morgan fingerprint density at radius 2 is 1.67 bits per heavy atom. The molecule has 0 bridgehead atoms. The van der Waals surface area contributed by atoms with Crippen molar-refractivity contribution < 1.29 is 9.59 Å². The van der Waals surface area contributed by atoms with Crippen molar-refractivity contribution in [3.05, 3.63) is 34.3 Å². The van der Waals surface area contributed by atoms with E-state index in [0.29, 0.717) is 18.4 Å². The normalized spacial score (nSPS) is 14.8. The third-order valence-corrected chi connectivity index (χ3v) is 3.72. The Labute approximate surface area is 115 Å². The Morgan fingerprint density at radius 3 is 2.28 bits per heavy atom. The van der Waals surface area contributed by atoms with Crippen LogP contribution in [0.2, 0.25) is 0 Å². The quantitative estimate of drug-likeness (QED) is 0.802. The van der Waals surface area contributed by atoms with E-state index in [0.717, 1.165) is 30.4 Å². The van der Waals surface area contributed by atoms with Crippen LogP contribution < -0.4 is 0 Å². The first-order valence-electron chi connectivity index (χ1n) is 6.23. The van der Waals surface area contributed by atoms with E-state index >= 15 is 0 Å². The van der Waals surface area contributed by atoms with Gasteiger partial charge in [0.25, 0.3) is 0 Å². The maximum Gasteiger partial charge on any atom is 0.223 e. The summed E-state index contributed by atoms with van der Waals surface area (Å²) in [6.07, 6.45) is 2.81. The van der Waals surface area contributed by atoms with Crippen LogP contribution in [0.25, 0.3) is 0 Å². The molecule has 0 atom stereocenters. The minimum absolute atomic E-state index is 0.0371. The average molecular weight is 310 g/mol. The summed E-state index contributed by atoms with van der Waals surface area (Å²) >= 11 is 3.33. The van der Waals surface area contributed by atoms with Gasteiger partial charge in [0.05, 0.1) is 0 Å². The minimum atomic E-state index is 0.0371. The van der Waals surface area contributed by atoms with E-state index < -0.39 is 0 Å². The van der Waals surface area contributed by atoms with E-state index in [1.165, 1.54) is 0 Å². The van der Waals surface area contributed by atoms with Crippen molar-refractivity contribution in [2.24, 2.45) is 0 Å². The second kappa shape index (κ2) is 6.14. The van der Waals surface area contributed by atoms with Crippen LogP contribution in [0, 0.1) is 0 Å². The van der Waals surface area contributed by atoms with Gasteiger partial charge < -0.3 is 4.90 Å². The van der Waals surface area contributed by atoms with E-state index in [1.807, 2.05) is 17.0 Å². The van der Waals surface area contributed by atoms with Crippen molar-refractivity contribution in [3.8, 4) is 0 Å². The average Bonchev–Trinajstić information content (AvgIpc) is 2.90. The molecule has 0 N–H and O–H groups in total. The van der Waals surface area contributed by atoms with E-state index in [1.54, 1.807) is 12.1 Å². The fourth-order valence-corrected chi connectivity index (χ4v) is 2.39. The fraction of sp³-hybridized carbons (Fsp3) is 0.429. The number of likely N-dealkylation sites (tertiary alicyclic amines) is 1. The molecule has 1 fully saturated rings. The van der Waals surface area contributed by atoms with Gasteiger partial charge in [0.15, 0.2) is 5.78 Å². The lowest BCUT2D eigenvalue weighted by molar-refractivity contribution is -0.130. The zero-order chi connectivity index (χ0) is 13.0. The molecule has 0 aromatic heterocycles. The number of carbonyl (C=O) groups is 2. The van der Waals surface area contributed by atoms with Gasteiger partial charge in [0.2, 0.25) is 5.91 Å². The number of hydrogen-bond acceptors (Lipinski definition) is 2. The summed E-state index contributed by atoms with van der Waals surface area (Å²) in [5, 5.41) is 0. The monoisotopic (exact) mass is 309 g/mol. The molecular weight excluding hydrogens is 294 g/mol. The number of benzene rings is 1. The minimum Gasteiger partial charge on any atom is -0.343 e. The Kier molecular flexibility index (Phi) is 4.53. The molecule has 96 valence electrons. The van der Waals surface area contributed by atoms with Crippen LogP contribution >= 0.6 is 15.9 Å². The van der Waals surface area contributed by atoms with Crippen LogP contribution in [-0.4, -0.2) is 29.7 Å². The predicted molar refractivity (Wildman–Crippen MR) is 73.5 cm³/mol. The van der Waals surface area contributed by atoms with Crippen molar-refractivity contribution in [1.29, 1.82) is 0 Å². The number of halogens is 1. The molecule has 1 heterocycles. The first-order valence-corrected chi connectivity index (χ1v) is 7.02. The molecule has 0 spiro atoms. The largest absolute Gasteiger partial charge is 0.343 e. The van der Waals surface area contributed by atoms with E-state index in [4.69, 9.17) is 0 Å². The standard InChI is InChI=1S/C14H16BrNO2/c15-12-5-3-11(4-6-12)13(17)7-8-14(18)16-9-1-2-10-16/h3-6H,1-2,7-10H2. The molecule has 1 aromatic carbocycles. The van der Waals surface area contributed by atoms with Crippen molar-refractivity contribution in [3.63, 3.8) is 0 Å². The molecule has 1 aliphatic rings. The molecule has 0 radical (unpaired) electrons. The molecule has 1 saturated heterocycles. The summed E-state index contributed by atoms with van der Waals surface area (Å²) < 4.78 is 0.951. The number of nitrogens with zero attached hydrogens (tertiary/aromatic N) is 1. The highest BCUT2D eigenvalue weighted by molar-refractivity contribution is 9.10. The Morgan fingerprint density at radius 1 is 1.06 bits per heavy atom. The second-order valence-electron chi connectivity index (χ2n) is 4.52. The van der Waals surface area contributed by atoms with Crippen LogP contribution in [0.15, 0.2) is 28.7 Å². The van der Waals surface area contributed by atoms with Crippen molar-refractivity contribution in [2.45, 2.75) is 25.7 Å². The molecular formula is C14H16BrNO2. The predicted octanol–water partition coefficient (Wildman–Crippen LogP) is 3.03. The molecule has 1 aromatic rings. The third kappa shape index (κ3) is 3.42. The van der Waals surface area contributed by atoms with Gasteiger partial charge in [-0.2, -0.15) is 0 Å². The second-order valence-corrected chi connectivity index (χ2v) is 5.43. The van der Waals surface area contributed by atoms with Crippen molar-refractivity contribution >= 4 is 27.6 Å². The van der Waals surface area contributed by atoms with Gasteiger partial charge in [-0.1, -0.05) is 28.1 Å². The van der Waals surface area contributed by atoms with E-state index in [-0.39, 0.29) is 11.7 Å². The number of amides is 1. The molecule has 0 aliphatic carbocycles. The summed E-state index contributed by atoms with van der Waals surface area (Å²) in [6.45, 7) is 1.70. The summed E-state index contributed by atoms with van der Waals surface area (Å²) in [4.78, 5) is 25.5. The maximum atomic E-state index is 11.9. The molecule has 0 saturated carbocycles. The molecule has 18 heavy (non-hydrogen) atoms. The van der Waals surface area contributed by atoms with Crippen LogP contribution in [0.3, 0.4) is 0 Å². The first-order chi connectivity index (χ1) is 8.66. The van der Waals surface area contributed by atoms with Crippen LogP contribution in [0.1, 0.15) is 36.0 Å². The lowest BCUT2D eigenvalue weighted by Gasteiger charge is -2.14. The van der Waals surface area contributed by atoms with Gasteiger partial charge in [-0.05, 0) is 25.0 Å². The van der Waals surface area contributed by atoms with Gasteiger partial charge in [0.1, 0.15) is 0 Å². The highest BCUT2D eigenvalue weighted by Gasteiger charge is 2.18. The summed E-state index contributed by atoms with van der Waals surface area (Å²) in [6, 6.07) is 7.25. The number of ketones is 1. The lowest BCUT2D eigenvalue weighted by atomic mass is 10.1. The van der Waals surface area contributed by atoms with Crippen LogP contribution in [0.5, 0.6) is 0 Å². The highest BCUT2D eigenvalue weighted by Crippen LogP contribution is 2.14. The lowest BCUT2D eigenvalue weighted by Crippen LogP contribution is -2.27. The van der Waals surface area contributed by atoms with Gasteiger partial charge in [-0.15, -0.1) is 0 Å². The zero-order valence-electron chi connectivity index (χ0n) is 10.2. The molecule has 4 heteroatoms. The maximum absolute atomic E-state index is 11.9. The molecule has 1 amide bonds. The Balaban J connectivity index is 1.84. The summed E-state index contributed by atoms with van der Waals surface area (Å²) in [7, 11) is 0. The highest BCUT2D eigenvalue weighted by atomic mass is 79.9. The van der Waals surface area contributed by atoms with Crippen LogP contribution in [0.4, 0.5) is 0 Å². The smallest absolute Gasteiger partial charge is 0.223 e. The van der Waals surface area contributed by atoms with Crippen molar-refractivity contribution in [2.75, 3.05) is 13.1 Å². The fourth-order valence-electron chi connectivity index (χ4n) is 2.13. The Hall–Kier alpha value is -1.16. The number of rotatable bonds is 4. The van der Waals surface area contributed by atoms with E-state index in [2.05, 4.69) is 15.9 Å². The number of Topliss-reactive ketones (excluding diaryl/α,β-unsaturated/α-hetero) is 1. The third-order valence-electron chi connectivity index (χ3n) is 3.19. The first kappa shape index (κ1) is 13.3. The number of hydrogen-bond donors (Lipinski definition) is 0. The van der Waals surface area contributed by atoms with Crippen molar-refractivity contribution in [1.82, 2.24) is 4.90 Å². The van der Waals surface area contributed by atoms with Gasteiger partial charge >= 0.3 is 0 Å². The van der Waals surface area contributed by atoms with E-state index in [9.17, 15) is 9.59 Å². The molecule has 2 rings (SSSR count). The van der Waals surface area contributed by atoms with Gasteiger partial charge in [0, 0.05) is 36.0 Å². The van der Waals surface area contributed by atoms with Gasteiger partial charge in [-0.25, -0.2) is 0 Å². The van der Waals surface area contributed by atoms with Crippen LogP contribution in [-0.2, 0) is 4.79 Å².